The molecule has 0 aromatic heterocycles. The maximum Gasteiger partial charge on any atom is 0.0164 e. The highest BCUT2D eigenvalue weighted by Crippen LogP contribution is 2.39. The van der Waals surface area contributed by atoms with E-state index < -0.39 is 0 Å². The van der Waals surface area contributed by atoms with E-state index in [-0.39, 0.29) is 0 Å². The molecule has 0 amide bonds. The first kappa shape index (κ1) is 14.0. The van der Waals surface area contributed by atoms with Crippen molar-refractivity contribution in [2.45, 2.75) is 59.4 Å². The minimum Gasteiger partial charge on any atom is -0.315 e. The predicted molar refractivity (Wildman–Crippen MR) is 71.7 cm³/mol. The Hall–Kier alpha value is -0.0800. The third-order valence-electron chi connectivity index (χ3n) is 4.14. The summed E-state index contributed by atoms with van der Waals surface area (Å²) in [5.41, 5.74) is 0.545. The van der Waals surface area contributed by atoms with Crippen LogP contribution in [0, 0.1) is 11.3 Å². The summed E-state index contributed by atoms with van der Waals surface area (Å²) in [6, 6.07) is 0.595. The molecule has 1 fully saturated rings. The second kappa shape index (κ2) is 6.61. The van der Waals surface area contributed by atoms with Crippen molar-refractivity contribution in [3.63, 3.8) is 0 Å². The van der Waals surface area contributed by atoms with Gasteiger partial charge in [-0.15, -0.1) is 0 Å². The molecule has 1 aliphatic rings. The van der Waals surface area contributed by atoms with Gasteiger partial charge in [-0.3, -0.25) is 0 Å². The van der Waals surface area contributed by atoms with Crippen LogP contribution >= 0.6 is 0 Å². The molecule has 2 unspecified atom stereocenters. The van der Waals surface area contributed by atoms with Crippen LogP contribution in [0.5, 0.6) is 0 Å². The SMILES string of the molecule is CCNCC(C)NCC1CCCCC1(C)C. The van der Waals surface area contributed by atoms with E-state index in [0.29, 0.717) is 11.5 Å². The van der Waals surface area contributed by atoms with Crippen LogP contribution < -0.4 is 10.6 Å². The average Bonchev–Trinajstić information content (AvgIpc) is 2.24. The number of likely N-dealkylation sites (N-methyl/N-ethyl adjacent to an activating group) is 1. The maximum absolute atomic E-state index is 3.68. The van der Waals surface area contributed by atoms with Crippen LogP contribution in [0.2, 0.25) is 0 Å². The quantitative estimate of drug-likeness (QED) is 0.728. The fourth-order valence-electron chi connectivity index (χ4n) is 2.72. The summed E-state index contributed by atoms with van der Waals surface area (Å²) in [6.45, 7) is 12.7. The lowest BCUT2D eigenvalue weighted by Gasteiger charge is -2.39. The van der Waals surface area contributed by atoms with Crippen molar-refractivity contribution in [3.8, 4) is 0 Å². The minimum atomic E-state index is 0.545. The third kappa shape index (κ3) is 4.42. The Kier molecular flexibility index (Phi) is 5.77. The molecule has 2 atom stereocenters. The highest BCUT2D eigenvalue weighted by Gasteiger charge is 2.31. The van der Waals surface area contributed by atoms with Crippen LogP contribution in [0.3, 0.4) is 0 Å². The zero-order chi connectivity index (χ0) is 12.0. The van der Waals surface area contributed by atoms with Gasteiger partial charge in [0.15, 0.2) is 0 Å². The third-order valence-corrected chi connectivity index (χ3v) is 4.14. The summed E-state index contributed by atoms with van der Waals surface area (Å²) in [7, 11) is 0. The van der Waals surface area contributed by atoms with Gasteiger partial charge in [0, 0.05) is 12.6 Å². The van der Waals surface area contributed by atoms with E-state index in [9.17, 15) is 0 Å². The fourth-order valence-corrected chi connectivity index (χ4v) is 2.72. The number of hydrogen-bond donors (Lipinski definition) is 2. The lowest BCUT2D eigenvalue weighted by molar-refractivity contribution is 0.133. The molecule has 96 valence electrons. The van der Waals surface area contributed by atoms with Gasteiger partial charge in [0.2, 0.25) is 0 Å². The van der Waals surface area contributed by atoms with Gasteiger partial charge in [0.1, 0.15) is 0 Å². The van der Waals surface area contributed by atoms with Crippen molar-refractivity contribution < 1.29 is 0 Å². The van der Waals surface area contributed by atoms with Gasteiger partial charge in [-0.05, 0) is 44.2 Å². The number of rotatable bonds is 6. The normalized spacial score (nSPS) is 26.6. The highest BCUT2D eigenvalue weighted by molar-refractivity contribution is 4.84. The molecule has 0 heterocycles. The van der Waals surface area contributed by atoms with Crippen LogP contribution in [0.25, 0.3) is 0 Å². The minimum absolute atomic E-state index is 0.545. The Morgan fingerprint density at radius 2 is 2.06 bits per heavy atom. The predicted octanol–water partition coefficient (Wildman–Crippen LogP) is 2.79. The Balaban J connectivity index is 2.25. The summed E-state index contributed by atoms with van der Waals surface area (Å²) >= 11 is 0. The van der Waals surface area contributed by atoms with Crippen LogP contribution in [0.4, 0.5) is 0 Å². The molecule has 0 aromatic carbocycles. The molecule has 0 radical (unpaired) electrons. The van der Waals surface area contributed by atoms with E-state index in [1.165, 1.54) is 32.2 Å². The van der Waals surface area contributed by atoms with Crippen molar-refractivity contribution >= 4 is 0 Å². The summed E-state index contributed by atoms with van der Waals surface area (Å²) in [6.07, 6.45) is 5.67. The van der Waals surface area contributed by atoms with Crippen molar-refractivity contribution in [1.29, 1.82) is 0 Å². The summed E-state index contributed by atoms with van der Waals surface area (Å²) < 4.78 is 0. The van der Waals surface area contributed by atoms with Gasteiger partial charge in [-0.2, -0.15) is 0 Å². The number of nitrogens with one attached hydrogen (secondary N) is 2. The smallest absolute Gasteiger partial charge is 0.0164 e. The molecule has 0 aliphatic heterocycles. The molecular formula is C14H30N2. The Morgan fingerprint density at radius 1 is 1.31 bits per heavy atom. The summed E-state index contributed by atoms with van der Waals surface area (Å²) in [4.78, 5) is 0. The first-order chi connectivity index (χ1) is 7.56. The molecular weight excluding hydrogens is 196 g/mol. The monoisotopic (exact) mass is 226 g/mol. The van der Waals surface area contributed by atoms with Crippen LogP contribution in [0.15, 0.2) is 0 Å². The molecule has 0 spiro atoms. The van der Waals surface area contributed by atoms with Gasteiger partial charge in [-0.25, -0.2) is 0 Å². The molecule has 1 aliphatic carbocycles. The van der Waals surface area contributed by atoms with Gasteiger partial charge in [-0.1, -0.05) is 33.6 Å². The topological polar surface area (TPSA) is 24.1 Å². The first-order valence-corrected chi connectivity index (χ1v) is 7.00. The molecule has 2 nitrogen and oxygen atoms in total. The second-order valence-corrected chi connectivity index (χ2v) is 6.05. The Bertz CT molecular complexity index is 189. The van der Waals surface area contributed by atoms with Crippen molar-refractivity contribution in [1.82, 2.24) is 10.6 Å². The molecule has 0 saturated heterocycles. The first-order valence-electron chi connectivity index (χ1n) is 7.00. The van der Waals surface area contributed by atoms with Crippen LogP contribution in [0.1, 0.15) is 53.4 Å². The Morgan fingerprint density at radius 3 is 2.69 bits per heavy atom. The lowest BCUT2D eigenvalue weighted by atomic mass is 9.69. The largest absolute Gasteiger partial charge is 0.315 e. The van der Waals surface area contributed by atoms with E-state index in [1.807, 2.05) is 0 Å². The standard InChI is InChI=1S/C14H30N2/c1-5-15-10-12(2)16-11-13-8-6-7-9-14(13,3)4/h12-13,15-16H,5-11H2,1-4H3. The van der Waals surface area contributed by atoms with Gasteiger partial charge in [0.05, 0.1) is 0 Å². The molecule has 1 saturated carbocycles. The molecule has 0 bridgehead atoms. The van der Waals surface area contributed by atoms with Crippen LogP contribution in [-0.2, 0) is 0 Å². The molecule has 2 heteroatoms. The summed E-state index contributed by atoms with van der Waals surface area (Å²) in [5, 5.41) is 7.07. The van der Waals surface area contributed by atoms with E-state index in [0.717, 1.165) is 19.0 Å². The van der Waals surface area contributed by atoms with E-state index in [1.54, 1.807) is 0 Å². The zero-order valence-corrected chi connectivity index (χ0v) is 11.6. The second-order valence-electron chi connectivity index (χ2n) is 6.05. The van der Waals surface area contributed by atoms with Crippen molar-refractivity contribution in [2.75, 3.05) is 19.6 Å². The van der Waals surface area contributed by atoms with E-state index in [4.69, 9.17) is 0 Å². The van der Waals surface area contributed by atoms with Crippen molar-refractivity contribution in [2.24, 2.45) is 11.3 Å². The Labute approximate surface area is 102 Å². The van der Waals surface area contributed by atoms with Gasteiger partial charge in [0.25, 0.3) is 0 Å². The zero-order valence-electron chi connectivity index (χ0n) is 11.6. The molecule has 1 rings (SSSR count). The lowest BCUT2D eigenvalue weighted by Crippen LogP contribution is -2.42. The van der Waals surface area contributed by atoms with Crippen molar-refractivity contribution in [3.05, 3.63) is 0 Å². The van der Waals surface area contributed by atoms with E-state index >= 15 is 0 Å². The van der Waals surface area contributed by atoms with Gasteiger partial charge >= 0.3 is 0 Å². The molecule has 2 N–H and O–H groups in total. The van der Waals surface area contributed by atoms with Crippen LogP contribution in [-0.4, -0.2) is 25.7 Å². The van der Waals surface area contributed by atoms with E-state index in [2.05, 4.69) is 38.3 Å². The molecule has 0 aromatic rings. The van der Waals surface area contributed by atoms with Gasteiger partial charge < -0.3 is 10.6 Å². The summed E-state index contributed by atoms with van der Waals surface area (Å²) in [5.74, 6) is 0.866. The maximum atomic E-state index is 3.68. The average molecular weight is 226 g/mol. The molecule has 16 heavy (non-hydrogen) atoms. The highest BCUT2D eigenvalue weighted by atomic mass is 15.0. The fraction of sp³-hybridized carbons (Fsp3) is 1.00. The number of hydrogen-bond acceptors (Lipinski definition) is 2.